The Morgan fingerprint density at radius 1 is 0.973 bits per heavy atom. The zero-order valence-corrected chi connectivity index (χ0v) is 22.6. The third kappa shape index (κ3) is 6.48. The number of ether oxygens (including phenoxy) is 1. The number of anilines is 1. The molecule has 8 nitrogen and oxygen atoms in total. The summed E-state index contributed by atoms with van der Waals surface area (Å²) in [5.74, 6) is -0.201. The first-order valence-electron chi connectivity index (χ1n) is 11.9. The third-order valence-corrected chi connectivity index (χ3v) is 7.93. The minimum atomic E-state index is -4.08. The van der Waals surface area contributed by atoms with Gasteiger partial charge in [0.05, 0.1) is 17.7 Å². The molecule has 0 fully saturated rings. The molecule has 196 valence electrons. The fourth-order valence-electron chi connectivity index (χ4n) is 4.04. The molecule has 0 saturated carbocycles. The molecule has 0 bridgehead atoms. The average molecular weight is 524 g/mol. The molecule has 1 N–H and O–H groups in total. The minimum absolute atomic E-state index is 0.0730. The summed E-state index contributed by atoms with van der Waals surface area (Å²) in [5.41, 5.74) is 2.86. The van der Waals surface area contributed by atoms with E-state index in [2.05, 4.69) is 5.32 Å². The van der Waals surface area contributed by atoms with E-state index < -0.39 is 28.5 Å². The summed E-state index contributed by atoms with van der Waals surface area (Å²) >= 11 is 0. The average Bonchev–Trinajstić information content (AvgIpc) is 2.90. The summed E-state index contributed by atoms with van der Waals surface area (Å²) in [4.78, 5) is 27.8. The number of hydrogen-bond acceptors (Lipinski definition) is 5. The first-order chi connectivity index (χ1) is 17.6. The second-order valence-corrected chi connectivity index (χ2v) is 10.6. The minimum Gasteiger partial charge on any atom is -0.497 e. The first kappa shape index (κ1) is 27.7. The molecular formula is C28H33N3O5S. The summed E-state index contributed by atoms with van der Waals surface area (Å²) in [7, 11) is -1.02. The van der Waals surface area contributed by atoms with Crippen molar-refractivity contribution in [1.82, 2.24) is 10.2 Å². The van der Waals surface area contributed by atoms with E-state index in [-0.39, 0.29) is 17.3 Å². The standard InChI is InChI=1S/C28H33N3O5S/c1-20-11-16-26(21(2)17-20)31(37(34,35)25-9-7-6-8-10-25)19-27(32)30(22(3)28(33)29-4)18-23-12-14-24(36-5)15-13-23/h6-17,22H,18-19H2,1-5H3,(H,29,33). The van der Waals surface area contributed by atoms with Crippen LogP contribution < -0.4 is 14.4 Å². The summed E-state index contributed by atoms with van der Waals surface area (Å²) in [6, 6.07) is 19.7. The monoisotopic (exact) mass is 523 g/mol. The molecule has 0 saturated heterocycles. The van der Waals surface area contributed by atoms with E-state index >= 15 is 0 Å². The van der Waals surface area contributed by atoms with Crippen LogP contribution in [0, 0.1) is 13.8 Å². The summed E-state index contributed by atoms with van der Waals surface area (Å²) in [6.45, 7) is 4.98. The number of aryl methyl sites for hydroxylation is 2. The summed E-state index contributed by atoms with van der Waals surface area (Å²) in [6.07, 6.45) is 0. The second-order valence-electron chi connectivity index (χ2n) is 8.77. The maximum atomic E-state index is 13.8. The van der Waals surface area contributed by atoms with Gasteiger partial charge in [0.25, 0.3) is 10.0 Å². The highest BCUT2D eigenvalue weighted by atomic mass is 32.2. The van der Waals surface area contributed by atoms with Crippen molar-refractivity contribution in [2.45, 2.75) is 38.3 Å². The zero-order chi connectivity index (χ0) is 27.2. The highest BCUT2D eigenvalue weighted by Crippen LogP contribution is 2.28. The lowest BCUT2D eigenvalue weighted by molar-refractivity contribution is -0.139. The van der Waals surface area contributed by atoms with Crippen molar-refractivity contribution < 1.29 is 22.7 Å². The van der Waals surface area contributed by atoms with Gasteiger partial charge in [-0.05, 0) is 62.2 Å². The van der Waals surface area contributed by atoms with Crippen LogP contribution in [0.25, 0.3) is 0 Å². The number of nitrogens with zero attached hydrogens (tertiary/aromatic N) is 2. The molecular weight excluding hydrogens is 490 g/mol. The van der Waals surface area contributed by atoms with Crippen molar-refractivity contribution in [1.29, 1.82) is 0 Å². The molecule has 0 radical (unpaired) electrons. The number of methoxy groups -OCH3 is 1. The number of amides is 2. The molecule has 3 aromatic rings. The lowest BCUT2D eigenvalue weighted by Gasteiger charge is -2.32. The first-order valence-corrected chi connectivity index (χ1v) is 13.3. The Kier molecular flexibility index (Phi) is 8.94. The lowest BCUT2D eigenvalue weighted by Crippen LogP contribution is -2.50. The maximum absolute atomic E-state index is 13.8. The number of rotatable bonds is 10. The van der Waals surface area contributed by atoms with Gasteiger partial charge in [0.1, 0.15) is 18.3 Å². The number of benzene rings is 3. The van der Waals surface area contributed by atoms with Crippen LogP contribution in [0.4, 0.5) is 5.69 Å². The van der Waals surface area contributed by atoms with Crippen LogP contribution in [0.5, 0.6) is 5.75 Å². The van der Waals surface area contributed by atoms with Gasteiger partial charge in [0, 0.05) is 13.6 Å². The van der Waals surface area contributed by atoms with Crippen LogP contribution in [0.3, 0.4) is 0 Å². The van der Waals surface area contributed by atoms with Crippen LogP contribution in [-0.2, 0) is 26.2 Å². The fraction of sp³-hybridized carbons (Fsp3) is 0.286. The van der Waals surface area contributed by atoms with Crippen molar-refractivity contribution in [2.24, 2.45) is 0 Å². The molecule has 0 aliphatic heterocycles. The Morgan fingerprint density at radius 2 is 1.62 bits per heavy atom. The number of hydrogen-bond donors (Lipinski definition) is 1. The predicted molar refractivity (Wildman–Crippen MR) is 144 cm³/mol. The molecule has 3 aromatic carbocycles. The zero-order valence-electron chi connectivity index (χ0n) is 21.8. The van der Waals surface area contributed by atoms with E-state index in [9.17, 15) is 18.0 Å². The van der Waals surface area contributed by atoms with Crippen LogP contribution in [0.2, 0.25) is 0 Å². The van der Waals surface area contributed by atoms with E-state index in [1.165, 1.54) is 24.1 Å². The Labute approximate surface area is 218 Å². The molecule has 0 aromatic heterocycles. The van der Waals surface area contributed by atoms with E-state index in [1.807, 2.05) is 26.0 Å². The molecule has 1 unspecified atom stereocenters. The third-order valence-electron chi connectivity index (χ3n) is 6.16. The molecule has 1 atom stereocenters. The van der Waals surface area contributed by atoms with Gasteiger partial charge in [-0.2, -0.15) is 0 Å². The molecule has 0 aliphatic rings. The van der Waals surface area contributed by atoms with Crippen molar-refractivity contribution >= 4 is 27.5 Å². The normalized spacial score (nSPS) is 11.9. The van der Waals surface area contributed by atoms with Gasteiger partial charge < -0.3 is 15.0 Å². The van der Waals surface area contributed by atoms with Gasteiger partial charge in [-0.15, -0.1) is 0 Å². The van der Waals surface area contributed by atoms with Crippen LogP contribution >= 0.6 is 0 Å². The van der Waals surface area contributed by atoms with Gasteiger partial charge in [0.15, 0.2) is 0 Å². The van der Waals surface area contributed by atoms with E-state index in [0.29, 0.717) is 17.0 Å². The van der Waals surface area contributed by atoms with Gasteiger partial charge in [0.2, 0.25) is 11.8 Å². The second kappa shape index (κ2) is 11.9. The molecule has 9 heteroatoms. The highest BCUT2D eigenvalue weighted by Gasteiger charge is 2.32. The topological polar surface area (TPSA) is 96.0 Å². The van der Waals surface area contributed by atoms with Gasteiger partial charge in [-0.25, -0.2) is 8.42 Å². The Bertz CT molecular complexity index is 1340. The SMILES string of the molecule is CNC(=O)C(C)N(Cc1ccc(OC)cc1)C(=O)CN(c1ccc(C)cc1C)S(=O)(=O)c1ccccc1. The van der Waals surface area contributed by atoms with Gasteiger partial charge in [-0.3, -0.25) is 13.9 Å². The van der Waals surface area contributed by atoms with E-state index in [1.54, 1.807) is 62.6 Å². The number of nitrogens with one attached hydrogen (secondary N) is 1. The summed E-state index contributed by atoms with van der Waals surface area (Å²) in [5, 5.41) is 2.58. The van der Waals surface area contributed by atoms with Crippen molar-refractivity contribution in [3.63, 3.8) is 0 Å². The highest BCUT2D eigenvalue weighted by molar-refractivity contribution is 7.92. The molecule has 2 amide bonds. The molecule has 3 rings (SSSR count). The largest absolute Gasteiger partial charge is 0.497 e. The number of sulfonamides is 1. The lowest BCUT2D eigenvalue weighted by atomic mass is 10.1. The van der Waals surface area contributed by atoms with Crippen LogP contribution in [0.1, 0.15) is 23.6 Å². The number of likely N-dealkylation sites (N-methyl/N-ethyl adjacent to an activating group) is 1. The Morgan fingerprint density at radius 3 is 2.19 bits per heavy atom. The van der Waals surface area contributed by atoms with Crippen LogP contribution in [-0.4, -0.2) is 51.9 Å². The number of carbonyl (C=O) groups excluding carboxylic acids is 2. The molecule has 0 aliphatic carbocycles. The van der Waals surface area contributed by atoms with Crippen LogP contribution in [0.15, 0.2) is 77.7 Å². The molecule has 0 heterocycles. The number of carbonyl (C=O) groups is 2. The maximum Gasteiger partial charge on any atom is 0.264 e. The quantitative estimate of drug-likeness (QED) is 0.438. The Balaban J connectivity index is 2.04. The van der Waals surface area contributed by atoms with Crippen molar-refractivity contribution in [2.75, 3.05) is 25.0 Å². The molecule has 0 spiro atoms. The smallest absolute Gasteiger partial charge is 0.264 e. The fourth-order valence-corrected chi connectivity index (χ4v) is 5.54. The van der Waals surface area contributed by atoms with E-state index in [0.717, 1.165) is 15.4 Å². The molecule has 37 heavy (non-hydrogen) atoms. The van der Waals surface area contributed by atoms with Gasteiger partial charge >= 0.3 is 0 Å². The van der Waals surface area contributed by atoms with Crippen molar-refractivity contribution in [3.05, 3.63) is 89.5 Å². The van der Waals surface area contributed by atoms with Crippen molar-refractivity contribution in [3.8, 4) is 5.75 Å². The van der Waals surface area contributed by atoms with E-state index in [4.69, 9.17) is 4.74 Å². The summed E-state index contributed by atoms with van der Waals surface area (Å²) < 4.78 is 33.9. The Hall–Kier alpha value is -3.85. The predicted octanol–water partition coefficient (Wildman–Crippen LogP) is 3.67. The van der Waals surface area contributed by atoms with Gasteiger partial charge in [-0.1, -0.05) is 48.0 Å².